The lowest BCUT2D eigenvalue weighted by atomic mass is 9.80. The summed E-state index contributed by atoms with van der Waals surface area (Å²) in [7, 11) is 0. The molecule has 0 saturated heterocycles. The average molecular weight is 300 g/mol. The summed E-state index contributed by atoms with van der Waals surface area (Å²) in [6.07, 6.45) is -4.53. The van der Waals surface area contributed by atoms with Gasteiger partial charge in [0.15, 0.2) is 5.41 Å². The van der Waals surface area contributed by atoms with Gasteiger partial charge < -0.3 is 14.6 Å². The molecule has 0 bridgehead atoms. The molecule has 20 heavy (non-hydrogen) atoms. The van der Waals surface area contributed by atoms with Crippen molar-refractivity contribution < 1.29 is 37.3 Å². The van der Waals surface area contributed by atoms with Gasteiger partial charge in [0.05, 0.1) is 6.61 Å². The van der Waals surface area contributed by atoms with Gasteiger partial charge in [0, 0.05) is 6.61 Å². The molecule has 0 aliphatic heterocycles. The van der Waals surface area contributed by atoms with Crippen molar-refractivity contribution in [3.8, 4) is 0 Å². The zero-order valence-electron chi connectivity index (χ0n) is 11.5. The molecule has 0 aliphatic rings. The van der Waals surface area contributed by atoms with Crippen LogP contribution in [0.25, 0.3) is 0 Å². The Balaban J connectivity index is 4.46. The Bertz CT molecular complexity index is 330. The topological polar surface area (TPSA) is 72.8 Å². The van der Waals surface area contributed by atoms with Crippen LogP contribution in [-0.2, 0) is 19.1 Å². The number of carboxylic acids is 1. The minimum absolute atomic E-state index is 0.000434. The highest BCUT2D eigenvalue weighted by molar-refractivity contribution is 5.99. The Kier molecular flexibility index (Phi) is 7.55. The van der Waals surface area contributed by atoms with Crippen molar-refractivity contribution in [2.45, 2.75) is 39.3 Å². The highest BCUT2D eigenvalue weighted by atomic mass is 19.4. The second kappa shape index (κ2) is 8.08. The second-order valence-electron chi connectivity index (χ2n) is 4.23. The number of carboxylic acid groups (broad SMARTS) is 1. The van der Waals surface area contributed by atoms with Crippen LogP contribution in [0, 0.1) is 5.41 Å². The van der Waals surface area contributed by atoms with Crippen LogP contribution in [0.2, 0.25) is 0 Å². The monoisotopic (exact) mass is 300 g/mol. The van der Waals surface area contributed by atoms with Crippen molar-refractivity contribution in [2.24, 2.45) is 5.41 Å². The summed E-state index contributed by atoms with van der Waals surface area (Å²) in [5, 5.41) is 9.18. The summed E-state index contributed by atoms with van der Waals surface area (Å²) in [6.45, 7) is 1.44. The summed E-state index contributed by atoms with van der Waals surface area (Å²) < 4.78 is 44.7. The summed E-state index contributed by atoms with van der Waals surface area (Å²) >= 11 is 0. The SMILES string of the molecule is CCOC(=O)C(CC)(CCCOCC(F)(F)F)C(=O)O. The molecule has 118 valence electrons. The van der Waals surface area contributed by atoms with E-state index in [4.69, 9.17) is 4.74 Å². The smallest absolute Gasteiger partial charge is 0.411 e. The standard InChI is InChI=1S/C12H19F3O5/c1-3-11(9(16)17,10(18)20-4-2)6-5-7-19-8-12(13,14)15/h3-8H2,1-2H3,(H,16,17). The quantitative estimate of drug-likeness (QED) is 0.402. The zero-order valence-corrected chi connectivity index (χ0v) is 11.5. The van der Waals surface area contributed by atoms with Crippen LogP contribution in [0.5, 0.6) is 0 Å². The molecular formula is C12H19F3O5. The third kappa shape index (κ3) is 5.77. The van der Waals surface area contributed by atoms with Gasteiger partial charge in [-0.3, -0.25) is 9.59 Å². The first-order valence-corrected chi connectivity index (χ1v) is 6.24. The normalized spacial score (nSPS) is 14.7. The molecule has 1 unspecified atom stereocenters. The zero-order chi connectivity index (χ0) is 15.8. The van der Waals surface area contributed by atoms with E-state index in [1.165, 1.54) is 6.92 Å². The third-order valence-electron chi connectivity index (χ3n) is 2.84. The van der Waals surface area contributed by atoms with Gasteiger partial charge in [-0.15, -0.1) is 0 Å². The van der Waals surface area contributed by atoms with Crippen LogP contribution < -0.4 is 0 Å². The number of ether oxygens (including phenoxy) is 2. The average Bonchev–Trinajstić information content (AvgIpc) is 2.32. The summed E-state index contributed by atoms with van der Waals surface area (Å²) in [6, 6.07) is 0. The van der Waals surface area contributed by atoms with Crippen LogP contribution in [0.4, 0.5) is 13.2 Å². The first-order valence-electron chi connectivity index (χ1n) is 6.24. The molecule has 0 spiro atoms. The van der Waals surface area contributed by atoms with Gasteiger partial charge in [-0.05, 0) is 26.2 Å². The summed E-state index contributed by atoms with van der Waals surface area (Å²) in [4.78, 5) is 23.0. The minimum atomic E-state index is -4.42. The molecule has 1 N–H and O–H groups in total. The Morgan fingerprint density at radius 1 is 1.20 bits per heavy atom. The third-order valence-corrected chi connectivity index (χ3v) is 2.84. The Morgan fingerprint density at radius 3 is 2.20 bits per heavy atom. The predicted octanol–water partition coefficient (Wildman–Crippen LogP) is 2.39. The summed E-state index contributed by atoms with van der Waals surface area (Å²) in [5.41, 5.74) is -1.72. The second-order valence-corrected chi connectivity index (χ2v) is 4.23. The maximum Gasteiger partial charge on any atom is 0.411 e. The van der Waals surface area contributed by atoms with Gasteiger partial charge >= 0.3 is 18.1 Å². The van der Waals surface area contributed by atoms with Crippen LogP contribution >= 0.6 is 0 Å². The highest BCUT2D eigenvalue weighted by Crippen LogP contribution is 2.30. The van der Waals surface area contributed by atoms with E-state index >= 15 is 0 Å². The van der Waals surface area contributed by atoms with Crippen molar-refractivity contribution in [3.63, 3.8) is 0 Å². The number of halogens is 3. The van der Waals surface area contributed by atoms with Crippen molar-refractivity contribution in [1.29, 1.82) is 0 Å². The van der Waals surface area contributed by atoms with Crippen LogP contribution in [0.15, 0.2) is 0 Å². The van der Waals surface area contributed by atoms with Crippen molar-refractivity contribution in [2.75, 3.05) is 19.8 Å². The molecule has 0 aromatic rings. The fourth-order valence-corrected chi connectivity index (χ4v) is 1.70. The number of carbonyl (C=O) groups excluding carboxylic acids is 1. The van der Waals surface area contributed by atoms with Crippen LogP contribution in [-0.4, -0.2) is 43.0 Å². The van der Waals surface area contributed by atoms with Gasteiger partial charge in [-0.25, -0.2) is 0 Å². The van der Waals surface area contributed by atoms with Gasteiger partial charge in [0.25, 0.3) is 0 Å². The molecule has 0 aliphatic carbocycles. The number of hydrogen-bond donors (Lipinski definition) is 1. The molecule has 0 fully saturated rings. The molecule has 0 heterocycles. The molecule has 8 heteroatoms. The van der Waals surface area contributed by atoms with Crippen molar-refractivity contribution in [1.82, 2.24) is 0 Å². The Morgan fingerprint density at radius 2 is 1.80 bits per heavy atom. The predicted molar refractivity (Wildman–Crippen MR) is 63.1 cm³/mol. The van der Waals surface area contributed by atoms with Gasteiger partial charge in [-0.1, -0.05) is 6.92 Å². The van der Waals surface area contributed by atoms with E-state index in [9.17, 15) is 27.9 Å². The molecule has 0 radical (unpaired) electrons. The highest BCUT2D eigenvalue weighted by Gasteiger charge is 2.45. The number of aliphatic carboxylic acids is 1. The van der Waals surface area contributed by atoms with E-state index in [0.717, 1.165) is 0 Å². The molecule has 0 aromatic heterocycles. The molecule has 5 nitrogen and oxygen atoms in total. The van der Waals surface area contributed by atoms with Crippen LogP contribution in [0.1, 0.15) is 33.1 Å². The number of carbonyl (C=O) groups is 2. The minimum Gasteiger partial charge on any atom is -0.480 e. The number of hydrogen-bond acceptors (Lipinski definition) is 4. The van der Waals surface area contributed by atoms with Gasteiger partial charge in [0.2, 0.25) is 0 Å². The lowest BCUT2D eigenvalue weighted by molar-refractivity contribution is -0.177. The molecule has 0 amide bonds. The molecule has 0 saturated carbocycles. The number of alkyl halides is 3. The van der Waals surface area contributed by atoms with E-state index < -0.39 is 30.1 Å². The van der Waals surface area contributed by atoms with Crippen LogP contribution in [0.3, 0.4) is 0 Å². The number of esters is 1. The molecular weight excluding hydrogens is 281 g/mol. The van der Waals surface area contributed by atoms with Crippen molar-refractivity contribution >= 4 is 11.9 Å². The molecule has 0 aromatic carbocycles. The van der Waals surface area contributed by atoms with Gasteiger partial charge in [0.1, 0.15) is 6.61 Å². The first-order chi connectivity index (χ1) is 9.19. The van der Waals surface area contributed by atoms with E-state index in [-0.39, 0.29) is 32.5 Å². The fourth-order valence-electron chi connectivity index (χ4n) is 1.70. The van der Waals surface area contributed by atoms with E-state index in [0.29, 0.717) is 0 Å². The Labute approximate surface area is 115 Å². The van der Waals surface area contributed by atoms with Crippen molar-refractivity contribution in [3.05, 3.63) is 0 Å². The summed E-state index contributed by atoms with van der Waals surface area (Å²) in [5.74, 6) is -2.21. The maximum absolute atomic E-state index is 11.8. The fraction of sp³-hybridized carbons (Fsp3) is 0.833. The lowest BCUT2D eigenvalue weighted by Gasteiger charge is -2.25. The van der Waals surface area contributed by atoms with E-state index in [1.54, 1.807) is 6.92 Å². The number of rotatable bonds is 9. The van der Waals surface area contributed by atoms with Gasteiger partial charge in [-0.2, -0.15) is 13.2 Å². The molecule has 1 atom stereocenters. The largest absolute Gasteiger partial charge is 0.480 e. The maximum atomic E-state index is 11.8. The lowest BCUT2D eigenvalue weighted by Crippen LogP contribution is -2.40. The Hall–Kier alpha value is -1.31. The molecule has 0 rings (SSSR count). The first kappa shape index (κ1) is 18.7. The van der Waals surface area contributed by atoms with E-state index in [2.05, 4.69) is 4.74 Å². The van der Waals surface area contributed by atoms with E-state index in [1.807, 2.05) is 0 Å².